The molecule has 94 valence electrons. The van der Waals surface area contributed by atoms with Crippen LogP contribution in [0.3, 0.4) is 0 Å². The fraction of sp³-hybridized carbons (Fsp3) is 0.273. The van der Waals surface area contributed by atoms with Crippen LogP contribution in [0.25, 0.3) is 0 Å². The van der Waals surface area contributed by atoms with Crippen LogP contribution < -0.4 is 10.5 Å². The van der Waals surface area contributed by atoms with E-state index in [0.717, 1.165) is 16.1 Å². The van der Waals surface area contributed by atoms with Gasteiger partial charge in [-0.05, 0) is 36.4 Å². The Morgan fingerprint density at radius 3 is 2.83 bits per heavy atom. The minimum absolute atomic E-state index is 0.0951. The first-order chi connectivity index (χ1) is 8.66. The van der Waals surface area contributed by atoms with Crippen molar-refractivity contribution in [3.8, 4) is 5.75 Å². The van der Waals surface area contributed by atoms with Crippen LogP contribution in [0.2, 0.25) is 0 Å². The number of anilines is 1. The van der Waals surface area contributed by atoms with Gasteiger partial charge in [-0.2, -0.15) is 5.10 Å². The third kappa shape index (κ3) is 2.82. The fourth-order valence-electron chi connectivity index (χ4n) is 1.34. The Balaban J connectivity index is 2.23. The van der Waals surface area contributed by atoms with Crippen LogP contribution in [-0.4, -0.2) is 32.6 Å². The summed E-state index contributed by atoms with van der Waals surface area (Å²) in [5.74, 6) is 0.886. The molecule has 0 bridgehead atoms. The molecule has 0 aliphatic heterocycles. The molecule has 0 atom stereocenters. The van der Waals surface area contributed by atoms with E-state index >= 15 is 0 Å². The summed E-state index contributed by atoms with van der Waals surface area (Å²) in [5, 5.41) is 14.6. The van der Waals surface area contributed by atoms with Gasteiger partial charge in [0, 0.05) is 5.56 Å². The van der Waals surface area contributed by atoms with E-state index < -0.39 is 0 Å². The van der Waals surface area contributed by atoms with Crippen LogP contribution >= 0.6 is 0 Å². The smallest absolute Gasteiger partial charge is 0.263 e. The number of rotatable bonds is 4. The second kappa shape index (κ2) is 5.26. The maximum Gasteiger partial charge on any atom is 0.263 e. The first-order valence-electron chi connectivity index (χ1n) is 5.50. The lowest BCUT2D eigenvalue weighted by atomic mass is 10.2. The van der Waals surface area contributed by atoms with Gasteiger partial charge in [-0.1, -0.05) is 22.0 Å². The van der Waals surface area contributed by atoms with Crippen molar-refractivity contribution in [3.63, 3.8) is 0 Å². The van der Waals surface area contributed by atoms with Crippen LogP contribution in [0.1, 0.15) is 19.4 Å². The SMILES string of the molecule is CC(C)Oc1ccccc1/C=N\n1nnnc1N. The number of nitrogens with zero attached hydrogens (tertiary/aromatic N) is 5. The lowest BCUT2D eigenvalue weighted by Crippen LogP contribution is -2.07. The Morgan fingerprint density at radius 2 is 2.17 bits per heavy atom. The highest BCUT2D eigenvalue weighted by Gasteiger charge is 2.03. The zero-order valence-corrected chi connectivity index (χ0v) is 10.2. The molecule has 0 aliphatic rings. The summed E-state index contributed by atoms with van der Waals surface area (Å²) < 4.78 is 5.66. The largest absolute Gasteiger partial charge is 0.490 e. The number of nitrogen functional groups attached to an aromatic ring is 1. The number of para-hydroxylation sites is 1. The molecule has 0 saturated carbocycles. The molecule has 0 spiro atoms. The first kappa shape index (κ1) is 12.0. The van der Waals surface area contributed by atoms with E-state index in [1.807, 2.05) is 38.1 Å². The Kier molecular flexibility index (Phi) is 3.52. The van der Waals surface area contributed by atoms with E-state index in [9.17, 15) is 0 Å². The van der Waals surface area contributed by atoms with Gasteiger partial charge in [-0.3, -0.25) is 0 Å². The van der Waals surface area contributed by atoms with Crippen molar-refractivity contribution in [2.45, 2.75) is 20.0 Å². The van der Waals surface area contributed by atoms with E-state index in [1.54, 1.807) is 6.21 Å². The quantitative estimate of drug-likeness (QED) is 0.810. The molecule has 1 heterocycles. The van der Waals surface area contributed by atoms with Crippen molar-refractivity contribution in [1.29, 1.82) is 0 Å². The van der Waals surface area contributed by atoms with Crippen LogP contribution in [0.15, 0.2) is 29.4 Å². The van der Waals surface area contributed by atoms with Gasteiger partial charge in [0.15, 0.2) is 0 Å². The standard InChI is InChI=1S/C11H14N6O/c1-8(2)18-10-6-4-3-5-9(10)7-13-17-11(12)14-15-16-17/h3-8H,1-2H3,(H2,12,14,16)/b13-7-. The van der Waals surface area contributed by atoms with Crippen molar-refractivity contribution in [2.75, 3.05) is 5.73 Å². The van der Waals surface area contributed by atoms with Crippen molar-refractivity contribution < 1.29 is 4.74 Å². The van der Waals surface area contributed by atoms with Crippen LogP contribution in [-0.2, 0) is 0 Å². The summed E-state index contributed by atoms with van der Waals surface area (Å²) in [6.07, 6.45) is 1.70. The fourth-order valence-corrected chi connectivity index (χ4v) is 1.34. The monoisotopic (exact) mass is 246 g/mol. The summed E-state index contributed by atoms with van der Waals surface area (Å²) in [4.78, 5) is 1.14. The molecule has 2 N–H and O–H groups in total. The third-order valence-electron chi connectivity index (χ3n) is 2.06. The molecule has 2 rings (SSSR count). The molecule has 0 unspecified atom stereocenters. The average molecular weight is 246 g/mol. The van der Waals surface area contributed by atoms with Gasteiger partial charge in [-0.25, -0.2) is 0 Å². The highest BCUT2D eigenvalue weighted by Crippen LogP contribution is 2.17. The van der Waals surface area contributed by atoms with Crippen LogP contribution in [0, 0.1) is 0 Å². The van der Waals surface area contributed by atoms with Gasteiger partial charge < -0.3 is 10.5 Å². The van der Waals surface area contributed by atoms with Gasteiger partial charge in [0.1, 0.15) is 5.75 Å². The van der Waals surface area contributed by atoms with Gasteiger partial charge >= 0.3 is 0 Å². The van der Waals surface area contributed by atoms with E-state index in [0.29, 0.717) is 0 Å². The van der Waals surface area contributed by atoms with Gasteiger partial charge in [0.2, 0.25) is 0 Å². The second-order valence-electron chi connectivity index (χ2n) is 3.88. The summed E-state index contributed by atoms with van der Waals surface area (Å²) >= 11 is 0. The average Bonchev–Trinajstić information content (AvgIpc) is 2.73. The predicted octanol–water partition coefficient (Wildman–Crippen LogP) is 0.925. The molecule has 18 heavy (non-hydrogen) atoms. The Labute approximate surface area is 104 Å². The van der Waals surface area contributed by atoms with E-state index in [-0.39, 0.29) is 12.1 Å². The number of tetrazole rings is 1. The Bertz CT molecular complexity index is 548. The number of hydrogen-bond acceptors (Lipinski definition) is 6. The summed E-state index contributed by atoms with van der Waals surface area (Å²) in [5.41, 5.74) is 6.34. The zero-order valence-electron chi connectivity index (χ0n) is 10.2. The van der Waals surface area contributed by atoms with Crippen LogP contribution in [0.5, 0.6) is 5.75 Å². The van der Waals surface area contributed by atoms with Crippen molar-refractivity contribution in [2.24, 2.45) is 5.10 Å². The van der Waals surface area contributed by atoms with Gasteiger partial charge in [-0.15, -0.1) is 0 Å². The minimum Gasteiger partial charge on any atom is -0.490 e. The number of nitrogens with two attached hydrogens (primary N) is 1. The maximum absolute atomic E-state index is 5.66. The highest BCUT2D eigenvalue weighted by atomic mass is 16.5. The molecule has 0 radical (unpaired) electrons. The molecule has 0 saturated heterocycles. The number of benzene rings is 1. The Morgan fingerprint density at radius 1 is 1.39 bits per heavy atom. The van der Waals surface area contributed by atoms with E-state index in [2.05, 4.69) is 20.6 Å². The third-order valence-corrected chi connectivity index (χ3v) is 2.06. The lowest BCUT2D eigenvalue weighted by molar-refractivity contribution is 0.242. The van der Waals surface area contributed by atoms with Gasteiger partial charge in [0.25, 0.3) is 5.95 Å². The maximum atomic E-state index is 5.66. The topological polar surface area (TPSA) is 91.2 Å². The van der Waals surface area contributed by atoms with Gasteiger partial charge in [0.05, 0.1) is 12.3 Å². The molecule has 1 aromatic heterocycles. The summed E-state index contributed by atoms with van der Waals surface area (Å²) in [6.45, 7) is 3.93. The molecule has 7 nitrogen and oxygen atoms in total. The predicted molar refractivity (Wildman–Crippen MR) is 67.4 cm³/mol. The number of hydrogen-bond donors (Lipinski definition) is 1. The summed E-state index contributed by atoms with van der Waals surface area (Å²) in [7, 11) is 0. The normalized spacial score (nSPS) is 11.3. The van der Waals surface area contributed by atoms with Crippen molar-refractivity contribution in [1.82, 2.24) is 20.3 Å². The minimum atomic E-state index is 0.0951. The Hall–Kier alpha value is -2.44. The number of ether oxygens (including phenoxy) is 1. The zero-order chi connectivity index (χ0) is 13.0. The molecule has 0 amide bonds. The molecule has 7 heteroatoms. The molecule has 1 aromatic carbocycles. The first-order valence-corrected chi connectivity index (χ1v) is 5.50. The molecular weight excluding hydrogens is 232 g/mol. The molecule has 0 fully saturated rings. The molecular formula is C11H14N6O. The molecule has 2 aromatic rings. The van der Waals surface area contributed by atoms with E-state index in [4.69, 9.17) is 10.5 Å². The lowest BCUT2D eigenvalue weighted by Gasteiger charge is -2.11. The second-order valence-corrected chi connectivity index (χ2v) is 3.88. The van der Waals surface area contributed by atoms with Crippen LogP contribution in [0.4, 0.5) is 5.95 Å². The highest BCUT2D eigenvalue weighted by molar-refractivity contribution is 5.83. The van der Waals surface area contributed by atoms with Crippen molar-refractivity contribution >= 4 is 12.2 Å². The van der Waals surface area contributed by atoms with Crippen molar-refractivity contribution in [3.05, 3.63) is 29.8 Å². The molecule has 0 aliphatic carbocycles. The number of aromatic nitrogens is 4. The van der Waals surface area contributed by atoms with E-state index in [1.165, 1.54) is 0 Å². The summed E-state index contributed by atoms with van der Waals surface area (Å²) in [6, 6.07) is 7.57.